The first-order chi connectivity index (χ1) is 13.9. The molecule has 0 spiro atoms. The summed E-state index contributed by atoms with van der Waals surface area (Å²) in [5.41, 5.74) is 1.58. The van der Waals surface area contributed by atoms with Gasteiger partial charge in [-0.3, -0.25) is 0 Å². The molecule has 0 unspecified atom stereocenters. The van der Waals surface area contributed by atoms with E-state index in [9.17, 15) is 10.2 Å². The fourth-order valence-corrected chi connectivity index (χ4v) is 4.84. The van der Waals surface area contributed by atoms with Gasteiger partial charge in [-0.25, -0.2) is 0 Å². The summed E-state index contributed by atoms with van der Waals surface area (Å²) in [5.74, 6) is 1.54. The molecule has 1 saturated carbocycles. The molecule has 0 bridgehead atoms. The van der Waals surface area contributed by atoms with Crippen LogP contribution < -0.4 is 9.47 Å². The molecule has 4 atom stereocenters. The zero-order valence-corrected chi connectivity index (χ0v) is 20.4. The van der Waals surface area contributed by atoms with Crippen LogP contribution in [0.1, 0.15) is 58.6 Å². The molecule has 30 heavy (non-hydrogen) atoms. The molecular weight excluding hydrogens is 400 g/mol. The van der Waals surface area contributed by atoms with E-state index >= 15 is 0 Å². The first-order valence-corrected chi connectivity index (χ1v) is 11.0. The molecule has 168 valence electrons. The van der Waals surface area contributed by atoms with E-state index in [-0.39, 0.29) is 17.1 Å². The number of allylic oxidation sites excluding steroid dienone is 4. The Morgan fingerprint density at radius 3 is 2.37 bits per heavy atom. The van der Waals surface area contributed by atoms with Crippen molar-refractivity contribution >= 4 is 11.6 Å². The predicted octanol–water partition coefficient (Wildman–Crippen LogP) is 6.24. The normalized spacial score (nSPS) is 30.0. The Bertz CT molecular complexity index is 840. The molecule has 0 saturated heterocycles. The average Bonchev–Trinajstić information content (AvgIpc) is 2.70. The third-order valence-corrected chi connectivity index (χ3v) is 7.85. The average molecular weight is 437 g/mol. The van der Waals surface area contributed by atoms with E-state index < -0.39 is 5.60 Å². The van der Waals surface area contributed by atoms with Gasteiger partial charge in [-0.1, -0.05) is 56.2 Å². The first-order valence-electron chi connectivity index (χ1n) is 10.6. The highest BCUT2D eigenvalue weighted by molar-refractivity contribution is 6.33. The van der Waals surface area contributed by atoms with E-state index in [1.165, 1.54) is 7.11 Å². The Balaban J connectivity index is 2.32. The molecule has 0 heterocycles. The number of aromatic hydroxyl groups is 1. The second-order valence-corrected chi connectivity index (χ2v) is 9.58. The van der Waals surface area contributed by atoms with Gasteiger partial charge in [0.15, 0.2) is 11.5 Å². The van der Waals surface area contributed by atoms with Crippen molar-refractivity contribution in [2.45, 2.75) is 66.4 Å². The smallest absolute Gasteiger partial charge is 0.165 e. The van der Waals surface area contributed by atoms with Crippen molar-refractivity contribution in [3.05, 3.63) is 40.0 Å². The van der Waals surface area contributed by atoms with Crippen molar-refractivity contribution in [1.29, 1.82) is 0 Å². The minimum Gasteiger partial charge on any atom is -0.504 e. The van der Waals surface area contributed by atoms with Gasteiger partial charge in [0.1, 0.15) is 5.75 Å². The van der Waals surface area contributed by atoms with Crippen LogP contribution in [0.25, 0.3) is 0 Å². The summed E-state index contributed by atoms with van der Waals surface area (Å²) in [6.45, 7) is 12.4. The van der Waals surface area contributed by atoms with E-state index in [1.54, 1.807) is 14.0 Å². The number of phenolic OH excluding ortho intramolecular Hbond substituents is 1. The summed E-state index contributed by atoms with van der Waals surface area (Å²) in [4.78, 5) is 0. The number of benzene rings is 1. The minimum atomic E-state index is -0.655. The third kappa shape index (κ3) is 4.50. The van der Waals surface area contributed by atoms with Gasteiger partial charge in [-0.15, -0.1) is 0 Å². The van der Waals surface area contributed by atoms with Crippen LogP contribution in [0.2, 0.25) is 5.02 Å². The zero-order valence-electron chi connectivity index (χ0n) is 19.6. The van der Waals surface area contributed by atoms with Crippen molar-refractivity contribution in [3.8, 4) is 17.2 Å². The van der Waals surface area contributed by atoms with Crippen molar-refractivity contribution < 1.29 is 19.7 Å². The lowest BCUT2D eigenvalue weighted by atomic mass is 9.57. The van der Waals surface area contributed by atoms with Crippen LogP contribution in [0, 0.1) is 24.2 Å². The van der Waals surface area contributed by atoms with E-state index in [0.717, 1.165) is 18.4 Å². The van der Waals surface area contributed by atoms with Gasteiger partial charge in [0.25, 0.3) is 0 Å². The Kier molecular flexibility index (Phi) is 7.58. The molecule has 1 aromatic rings. The number of hydrogen-bond acceptors (Lipinski definition) is 4. The number of hydrogen-bond donors (Lipinski definition) is 2. The van der Waals surface area contributed by atoms with Crippen molar-refractivity contribution in [3.63, 3.8) is 0 Å². The van der Waals surface area contributed by atoms with Gasteiger partial charge < -0.3 is 19.7 Å². The van der Waals surface area contributed by atoms with Crippen LogP contribution in [-0.4, -0.2) is 30.0 Å². The third-order valence-electron chi connectivity index (χ3n) is 7.40. The highest BCUT2D eigenvalue weighted by atomic mass is 35.5. The molecule has 0 amide bonds. The highest BCUT2D eigenvalue weighted by Gasteiger charge is 2.47. The summed E-state index contributed by atoms with van der Waals surface area (Å²) < 4.78 is 10.8. The molecular formula is C25H37ClO4. The maximum atomic E-state index is 10.8. The first kappa shape index (κ1) is 24.6. The van der Waals surface area contributed by atoms with Crippen molar-refractivity contribution in [1.82, 2.24) is 0 Å². The standard InChI is InChI=1S/C25H37ClO4/c1-15(11-13-24(5)16(2)12-14-25(6,28)18(24)4)9-10-19-21(27)22(29-7)17(3)20(26)23(19)30-8/h9,11,13,16,18,27-28H,10,12,14H2,1-8H3/b13-11+,15-9+/t16-,18-,24+,25+/m1/s1. The van der Waals surface area contributed by atoms with Gasteiger partial charge >= 0.3 is 0 Å². The second-order valence-electron chi connectivity index (χ2n) is 9.20. The van der Waals surface area contributed by atoms with E-state index in [0.29, 0.717) is 40.0 Å². The number of aliphatic hydroxyl groups is 1. The molecule has 0 radical (unpaired) electrons. The molecule has 0 aromatic heterocycles. The molecule has 1 fully saturated rings. The molecule has 0 aliphatic heterocycles. The van der Waals surface area contributed by atoms with E-state index in [1.807, 2.05) is 19.9 Å². The lowest BCUT2D eigenvalue weighted by Crippen LogP contribution is -2.49. The molecule has 1 aromatic carbocycles. The molecule has 5 heteroatoms. The molecule has 1 aliphatic carbocycles. The van der Waals surface area contributed by atoms with Crippen LogP contribution in [0.15, 0.2) is 23.8 Å². The molecule has 2 rings (SSSR count). The fourth-order valence-electron chi connectivity index (χ4n) is 4.56. The summed E-state index contributed by atoms with van der Waals surface area (Å²) in [5, 5.41) is 21.9. The fraction of sp³-hybridized carbons (Fsp3) is 0.600. The van der Waals surface area contributed by atoms with Crippen LogP contribution >= 0.6 is 11.6 Å². The summed E-state index contributed by atoms with van der Waals surface area (Å²) >= 11 is 6.44. The van der Waals surface area contributed by atoms with Gasteiger partial charge in [-0.05, 0) is 57.3 Å². The van der Waals surface area contributed by atoms with Crippen molar-refractivity contribution in [2.75, 3.05) is 14.2 Å². The Labute approximate surface area is 186 Å². The van der Waals surface area contributed by atoms with Gasteiger partial charge in [0.2, 0.25) is 0 Å². The molecule has 1 aliphatic rings. The van der Waals surface area contributed by atoms with Crippen LogP contribution in [0.3, 0.4) is 0 Å². The van der Waals surface area contributed by atoms with Gasteiger partial charge in [-0.2, -0.15) is 0 Å². The zero-order chi connectivity index (χ0) is 22.9. The van der Waals surface area contributed by atoms with Crippen LogP contribution in [-0.2, 0) is 6.42 Å². The molecule has 4 nitrogen and oxygen atoms in total. The van der Waals surface area contributed by atoms with Crippen molar-refractivity contribution in [2.24, 2.45) is 17.3 Å². The number of rotatable bonds is 6. The maximum Gasteiger partial charge on any atom is 0.165 e. The summed E-state index contributed by atoms with van der Waals surface area (Å²) in [7, 11) is 3.06. The SMILES string of the molecule is COc1c(C)c(Cl)c(OC)c(C/C=C(C)/C=C/[C@@]2(C)[C@H](C)CC[C@](C)(O)[C@@H]2C)c1O. The second kappa shape index (κ2) is 9.23. The Hall–Kier alpha value is -1.65. The van der Waals surface area contributed by atoms with Crippen LogP contribution in [0.5, 0.6) is 17.2 Å². The highest BCUT2D eigenvalue weighted by Crippen LogP contribution is 2.50. The van der Waals surface area contributed by atoms with E-state index in [2.05, 4.69) is 32.9 Å². The maximum absolute atomic E-state index is 10.8. The number of ether oxygens (including phenoxy) is 2. The summed E-state index contributed by atoms with van der Waals surface area (Å²) in [6.07, 6.45) is 8.70. The van der Waals surface area contributed by atoms with Gasteiger partial charge in [0, 0.05) is 11.1 Å². The Morgan fingerprint density at radius 1 is 1.20 bits per heavy atom. The predicted molar refractivity (Wildman–Crippen MR) is 124 cm³/mol. The quantitative estimate of drug-likeness (QED) is 0.518. The summed E-state index contributed by atoms with van der Waals surface area (Å²) in [6, 6.07) is 0. The largest absolute Gasteiger partial charge is 0.504 e. The molecule has 2 N–H and O–H groups in total. The minimum absolute atomic E-state index is 0.0572. The number of halogens is 1. The van der Waals surface area contributed by atoms with E-state index in [4.69, 9.17) is 21.1 Å². The Morgan fingerprint density at radius 2 is 1.80 bits per heavy atom. The lowest BCUT2D eigenvalue weighted by Gasteiger charge is -2.50. The monoisotopic (exact) mass is 436 g/mol. The topological polar surface area (TPSA) is 58.9 Å². The number of methoxy groups -OCH3 is 2. The van der Waals surface area contributed by atoms with Gasteiger partial charge in [0.05, 0.1) is 24.8 Å². The van der Waals surface area contributed by atoms with Crippen LogP contribution in [0.4, 0.5) is 0 Å². The number of phenols is 1. The lowest BCUT2D eigenvalue weighted by molar-refractivity contribution is -0.0915.